The highest BCUT2D eigenvalue weighted by Crippen LogP contribution is 2.31. The third-order valence-corrected chi connectivity index (χ3v) is 2.90. The summed E-state index contributed by atoms with van der Waals surface area (Å²) in [6.07, 6.45) is 4.36. The molecule has 1 aromatic heterocycles. The Hall–Kier alpha value is -1.10. The number of aromatic nitrogens is 2. The van der Waals surface area contributed by atoms with Gasteiger partial charge in [0.25, 0.3) is 5.95 Å². The fraction of sp³-hybridized carbons (Fsp3) is 0.800. The van der Waals surface area contributed by atoms with Crippen molar-refractivity contribution in [3.05, 3.63) is 5.89 Å². The molecule has 2 unspecified atom stereocenters. The lowest BCUT2D eigenvalue weighted by molar-refractivity contribution is 0.298. The summed E-state index contributed by atoms with van der Waals surface area (Å²) in [6, 6.07) is 0.290. The average molecular weight is 210 g/mol. The summed E-state index contributed by atoms with van der Waals surface area (Å²) in [4.78, 5) is 6.20. The monoisotopic (exact) mass is 210 g/mol. The minimum absolute atomic E-state index is 0.290. The number of hydrogen-bond acceptors (Lipinski definition) is 5. The first kappa shape index (κ1) is 10.4. The molecule has 0 saturated heterocycles. The summed E-state index contributed by atoms with van der Waals surface area (Å²) in [5.74, 6) is 1.74. The Bertz CT molecular complexity index is 323. The van der Waals surface area contributed by atoms with E-state index in [1.54, 1.807) is 0 Å². The van der Waals surface area contributed by atoms with Crippen LogP contribution in [0.1, 0.15) is 37.5 Å². The first-order valence-electron chi connectivity index (χ1n) is 5.43. The first-order valence-corrected chi connectivity index (χ1v) is 5.43. The van der Waals surface area contributed by atoms with Crippen LogP contribution in [0.5, 0.6) is 0 Å². The van der Waals surface area contributed by atoms with Crippen LogP contribution in [0.25, 0.3) is 0 Å². The maximum atomic E-state index is 5.93. The predicted molar refractivity (Wildman–Crippen MR) is 57.8 cm³/mol. The van der Waals surface area contributed by atoms with Crippen molar-refractivity contribution in [2.24, 2.45) is 5.73 Å². The van der Waals surface area contributed by atoms with Crippen LogP contribution in [0, 0.1) is 0 Å². The van der Waals surface area contributed by atoms with Gasteiger partial charge in [-0.2, -0.15) is 4.98 Å². The summed E-state index contributed by atoms with van der Waals surface area (Å²) < 4.78 is 5.26. The number of nitrogens with two attached hydrogens (primary N) is 1. The molecule has 84 valence electrons. The molecule has 2 rings (SSSR count). The van der Waals surface area contributed by atoms with Crippen LogP contribution in [0.2, 0.25) is 0 Å². The molecule has 0 aromatic carbocycles. The molecule has 0 aliphatic heterocycles. The highest BCUT2D eigenvalue weighted by atomic mass is 16.5. The summed E-state index contributed by atoms with van der Waals surface area (Å²) in [6.45, 7) is 0. The first-order chi connectivity index (χ1) is 7.16. The lowest BCUT2D eigenvalue weighted by Gasteiger charge is -2.23. The van der Waals surface area contributed by atoms with Crippen LogP contribution in [-0.4, -0.2) is 30.3 Å². The van der Waals surface area contributed by atoms with Crippen LogP contribution >= 0.6 is 0 Å². The summed E-state index contributed by atoms with van der Waals surface area (Å²) in [5, 5.41) is 3.91. The smallest absolute Gasteiger partial charge is 0.265 e. The molecule has 0 bridgehead atoms. The van der Waals surface area contributed by atoms with Crippen LogP contribution in [0.3, 0.4) is 0 Å². The molecule has 1 fully saturated rings. The predicted octanol–water partition coefficient (Wildman–Crippen LogP) is 1.12. The van der Waals surface area contributed by atoms with E-state index in [1.165, 1.54) is 0 Å². The molecule has 1 aliphatic carbocycles. The molecule has 0 radical (unpaired) electrons. The molecule has 1 heterocycles. The summed E-state index contributed by atoms with van der Waals surface area (Å²) in [7, 11) is 3.81. The van der Waals surface area contributed by atoms with Crippen LogP contribution < -0.4 is 10.6 Å². The fourth-order valence-corrected chi connectivity index (χ4v) is 2.03. The van der Waals surface area contributed by atoms with E-state index < -0.39 is 0 Å². The lowest BCUT2D eigenvalue weighted by Crippen LogP contribution is -2.27. The Kier molecular flexibility index (Phi) is 2.90. The van der Waals surface area contributed by atoms with E-state index in [2.05, 4.69) is 10.1 Å². The van der Waals surface area contributed by atoms with Gasteiger partial charge in [-0.05, 0) is 24.4 Å². The van der Waals surface area contributed by atoms with Gasteiger partial charge in [-0.1, -0.05) is 6.42 Å². The van der Waals surface area contributed by atoms with Gasteiger partial charge in [0.2, 0.25) is 5.89 Å². The van der Waals surface area contributed by atoms with Crippen molar-refractivity contribution in [2.75, 3.05) is 19.0 Å². The zero-order valence-corrected chi connectivity index (χ0v) is 9.31. The average Bonchev–Trinajstić information content (AvgIpc) is 2.66. The Balaban J connectivity index is 2.08. The molecule has 5 nitrogen and oxygen atoms in total. The molecule has 1 aliphatic rings. The van der Waals surface area contributed by atoms with Crippen molar-refractivity contribution in [3.63, 3.8) is 0 Å². The number of anilines is 1. The molecule has 0 amide bonds. The van der Waals surface area contributed by atoms with Gasteiger partial charge >= 0.3 is 0 Å². The maximum Gasteiger partial charge on any atom is 0.265 e. The molecule has 15 heavy (non-hydrogen) atoms. The van der Waals surface area contributed by atoms with Gasteiger partial charge in [0.15, 0.2) is 0 Å². The Morgan fingerprint density at radius 2 is 2.20 bits per heavy atom. The van der Waals surface area contributed by atoms with Gasteiger partial charge < -0.3 is 15.2 Å². The second-order valence-electron chi connectivity index (χ2n) is 4.45. The molecule has 0 spiro atoms. The zero-order chi connectivity index (χ0) is 10.8. The topological polar surface area (TPSA) is 68.2 Å². The van der Waals surface area contributed by atoms with Crippen LogP contribution in [0.4, 0.5) is 5.95 Å². The van der Waals surface area contributed by atoms with Gasteiger partial charge in [-0.3, -0.25) is 0 Å². The van der Waals surface area contributed by atoms with Gasteiger partial charge in [0.05, 0.1) is 0 Å². The third kappa shape index (κ3) is 2.28. The molecular formula is C10H18N4O. The largest absolute Gasteiger partial charge is 0.344 e. The normalized spacial score (nSPS) is 26.6. The van der Waals surface area contributed by atoms with E-state index in [0.717, 1.165) is 31.6 Å². The highest BCUT2D eigenvalue weighted by Gasteiger charge is 2.25. The summed E-state index contributed by atoms with van der Waals surface area (Å²) in [5.41, 5.74) is 5.93. The van der Waals surface area contributed by atoms with E-state index >= 15 is 0 Å². The van der Waals surface area contributed by atoms with Crippen molar-refractivity contribution in [3.8, 4) is 0 Å². The van der Waals surface area contributed by atoms with Crippen molar-refractivity contribution in [1.29, 1.82) is 0 Å². The van der Waals surface area contributed by atoms with E-state index in [0.29, 0.717) is 17.9 Å². The maximum absolute atomic E-state index is 5.93. The fourth-order valence-electron chi connectivity index (χ4n) is 2.03. The Morgan fingerprint density at radius 1 is 1.40 bits per heavy atom. The molecule has 2 N–H and O–H groups in total. The van der Waals surface area contributed by atoms with Gasteiger partial charge in [-0.15, -0.1) is 0 Å². The Morgan fingerprint density at radius 3 is 2.80 bits per heavy atom. The van der Waals surface area contributed by atoms with Gasteiger partial charge in [0, 0.05) is 26.1 Å². The van der Waals surface area contributed by atoms with E-state index in [1.807, 2.05) is 19.0 Å². The third-order valence-electron chi connectivity index (χ3n) is 2.90. The second-order valence-corrected chi connectivity index (χ2v) is 4.45. The van der Waals surface area contributed by atoms with E-state index in [9.17, 15) is 0 Å². The van der Waals surface area contributed by atoms with Crippen molar-refractivity contribution >= 4 is 5.95 Å². The van der Waals surface area contributed by atoms with E-state index in [4.69, 9.17) is 10.3 Å². The molecule has 1 saturated carbocycles. The number of rotatable bonds is 2. The lowest BCUT2D eigenvalue weighted by atomic mass is 9.86. The van der Waals surface area contributed by atoms with E-state index in [-0.39, 0.29) is 0 Å². The van der Waals surface area contributed by atoms with Gasteiger partial charge in [0.1, 0.15) is 0 Å². The quantitative estimate of drug-likeness (QED) is 0.792. The molecule has 1 aromatic rings. The minimum Gasteiger partial charge on any atom is -0.344 e. The molecular weight excluding hydrogens is 192 g/mol. The molecule has 5 heteroatoms. The number of hydrogen-bond donors (Lipinski definition) is 1. The second kappa shape index (κ2) is 4.18. The van der Waals surface area contributed by atoms with Crippen LogP contribution in [-0.2, 0) is 0 Å². The minimum atomic E-state index is 0.290. The van der Waals surface area contributed by atoms with Crippen molar-refractivity contribution in [2.45, 2.75) is 37.6 Å². The highest BCUT2D eigenvalue weighted by molar-refractivity contribution is 5.24. The SMILES string of the molecule is CN(C)c1noc(C2CCCC(N)C2)n1. The van der Waals surface area contributed by atoms with Crippen molar-refractivity contribution in [1.82, 2.24) is 10.1 Å². The summed E-state index contributed by atoms with van der Waals surface area (Å²) >= 11 is 0. The number of nitrogens with zero attached hydrogens (tertiary/aromatic N) is 3. The van der Waals surface area contributed by atoms with Crippen LogP contribution in [0.15, 0.2) is 4.52 Å². The Labute approximate surface area is 89.6 Å². The molecule has 2 atom stereocenters. The zero-order valence-electron chi connectivity index (χ0n) is 9.31. The standard InChI is InChI=1S/C10H18N4O/c1-14(2)10-12-9(15-13-10)7-4-3-5-8(11)6-7/h7-8H,3-6,11H2,1-2H3. The van der Waals surface area contributed by atoms with Gasteiger partial charge in [-0.25, -0.2) is 0 Å². The van der Waals surface area contributed by atoms with Crippen molar-refractivity contribution < 1.29 is 4.52 Å².